The Balaban J connectivity index is 0.00000196. The van der Waals surface area contributed by atoms with Crippen LogP contribution in [0, 0.1) is 25.7 Å². The number of hydrogen-bond donors (Lipinski definition) is 3. The van der Waals surface area contributed by atoms with Gasteiger partial charge in [-0.3, -0.25) is 4.79 Å². The topological polar surface area (TPSA) is 98.3 Å². The molecule has 0 spiro atoms. The zero-order chi connectivity index (χ0) is 17.9. The second kappa shape index (κ2) is 6.93. The molecule has 1 aliphatic heterocycles. The molecule has 0 aromatic carbocycles. The van der Waals surface area contributed by atoms with Gasteiger partial charge in [0.2, 0.25) is 0 Å². The molecule has 7 nitrogen and oxygen atoms in total. The Kier molecular flexibility index (Phi) is 5.14. The van der Waals surface area contributed by atoms with Crippen LogP contribution in [-0.4, -0.2) is 64.9 Å². The van der Waals surface area contributed by atoms with Gasteiger partial charge in [-0.1, -0.05) is 22.9 Å². The third-order valence-corrected chi connectivity index (χ3v) is 6.54. The number of nitrogens with one attached hydrogen (secondary N) is 2. The summed E-state index contributed by atoms with van der Waals surface area (Å²) >= 11 is 7.19. The summed E-state index contributed by atoms with van der Waals surface area (Å²) in [5.41, 5.74) is 1.81. The number of aromatic amines is 1. The average molecular weight is 389 g/mol. The van der Waals surface area contributed by atoms with Gasteiger partial charge in [0, 0.05) is 36.7 Å². The number of aromatic nitrogens is 2. The monoisotopic (exact) mass is 388 g/mol. The maximum atomic E-state index is 12.3. The van der Waals surface area contributed by atoms with E-state index < -0.39 is 5.97 Å². The van der Waals surface area contributed by atoms with Crippen molar-refractivity contribution >= 4 is 58.8 Å². The summed E-state index contributed by atoms with van der Waals surface area (Å²) in [6, 6.07) is 1.80. The van der Waals surface area contributed by atoms with Crippen LogP contribution in [0.4, 0.5) is 5.13 Å². The van der Waals surface area contributed by atoms with E-state index in [9.17, 15) is 9.59 Å². The third-order valence-electron chi connectivity index (χ3n) is 4.94. The van der Waals surface area contributed by atoms with E-state index in [1.165, 1.54) is 11.3 Å². The summed E-state index contributed by atoms with van der Waals surface area (Å²) in [4.78, 5) is 33.2. The van der Waals surface area contributed by atoms with Crippen LogP contribution in [-0.2, 0) is 0 Å². The molecule has 3 heterocycles. The molecule has 2 aliphatic rings. The van der Waals surface area contributed by atoms with Gasteiger partial charge in [0.25, 0.3) is 5.91 Å². The first kappa shape index (κ1) is 19.3. The summed E-state index contributed by atoms with van der Waals surface area (Å²) in [5.74, 6) is -0.309. The fourth-order valence-electron chi connectivity index (χ4n) is 3.50. The maximum absolute atomic E-state index is 12.3. The summed E-state index contributed by atoms with van der Waals surface area (Å²) in [7, 11) is 0. The Bertz CT molecular complexity index is 851. The number of hydrogen-bond acceptors (Lipinski definition) is 5. The zero-order valence-electron chi connectivity index (χ0n) is 13.7. The van der Waals surface area contributed by atoms with Crippen molar-refractivity contribution in [2.24, 2.45) is 11.8 Å². The molecule has 0 radical (unpaired) electrons. The van der Waals surface area contributed by atoms with Crippen molar-refractivity contribution in [3.05, 3.63) is 33.0 Å². The van der Waals surface area contributed by atoms with Crippen molar-refractivity contribution in [2.75, 3.05) is 18.0 Å². The number of aromatic carboxylic acids is 1. The van der Waals surface area contributed by atoms with Crippen LogP contribution in [0.2, 0.25) is 5.02 Å². The van der Waals surface area contributed by atoms with E-state index in [-0.39, 0.29) is 30.8 Å². The number of halogens is 1. The molecule has 1 aliphatic carbocycles. The van der Waals surface area contributed by atoms with Gasteiger partial charge in [-0.25, -0.2) is 9.78 Å². The van der Waals surface area contributed by atoms with Gasteiger partial charge in [-0.2, -0.15) is 0 Å². The number of H-pyrrole nitrogens is 1. The number of thiazole rings is 1. The van der Waals surface area contributed by atoms with Gasteiger partial charge in [0.1, 0.15) is 10.6 Å². The molecule has 0 bridgehead atoms. The van der Waals surface area contributed by atoms with Crippen molar-refractivity contribution in [1.29, 1.82) is 0 Å². The van der Waals surface area contributed by atoms with Gasteiger partial charge < -0.3 is 20.3 Å². The Morgan fingerprint density at radius 1 is 1.38 bits per heavy atom. The van der Waals surface area contributed by atoms with Gasteiger partial charge >= 0.3 is 24.8 Å². The number of carboxylic acids is 1. The van der Waals surface area contributed by atoms with Crippen LogP contribution in [0.1, 0.15) is 31.5 Å². The van der Waals surface area contributed by atoms with E-state index in [4.69, 9.17) is 16.7 Å². The van der Waals surface area contributed by atoms with Crippen molar-refractivity contribution in [2.45, 2.75) is 19.9 Å². The van der Waals surface area contributed by atoms with Crippen LogP contribution in [0.5, 0.6) is 0 Å². The number of piperidine rings is 1. The first-order chi connectivity index (χ1) is 11.8. The summed E-state index contributed by atoms with van der Waals surface area (Å²) in [6.45, 7) is 5.11. The average Bonchev–Trinajstić information content (AvgIpc) is 2.96. The first-order valence-electron chi connectivity index (χ1n) is 7.96. The zero-order valence-corrected chi connectivity index (χ0v) is 15.2. The second-order valence-corrected chi connectivity index (χ2v) is 7.99. The standard InChI is InChI=1S/C16H17ClN4O3S.Li.H/c1-6-10(17)3-11(18-6)14(22)20-12-8-4-21(5-9(8)12)16-19-7(2)13(25-16)15(23)24;;/h3,8-9,12,18H,4-5H2,1-2H3,(H,20,22)(H,23,24);;/t8-,9+,12+;;. The molecule has 26 heavy (non-hydrogen) atoms. The van der Waals surface area contributed by atoms with Crippen molar-refractivity contribution < 1.29 is 14.7 Å². The first-order valence-corrected chi connectivity index (χ1v) is 9.16. The number of fused-ring (bicyclic) bond motifs is 1. The number of rotatable bonds is 4. The van der Waals surface area contributed by atoms with E-state index >= 15 is 0 Å². The SMILES string of the molecule is Cc1nc(N2C[C@@H]3[C@H](C2)[C@H]3NC(=O)c2cc(Cl)c(C)[nH]2)sc1C(=O)O.[LiH]. The molecule has 3 atom stereocenters. The summed E-state index contributed by atoms with van der Waals surface area (Å²) in [6.07, 6.45) is 0. The molecule has 4 rings (SSSR count). The fourth-order valence-corrected chi connectivity index (χ4v) is 4.58. The number of carboxylic acid groups (broad SMARTS) is 1. The van der Waals surface area contributed by atoms with Crippen molar-refractivity contribution in [3.63, 3.8) is 0 Å². The Morgan fingerprint density at radius 3 is 2.54 bits per heavy atom. The van der Waals surface area contributed by atoms with Crippen LogP contribution in [0.3, 0.4) is 0 Å². The predicted molar refractivity (Wildman–Crippen MR) is 102 cm³/mol. The van der Waals surface area contributed by atoms with E-state index in [0.717, 1.165) is 23.9 Å². The number of anilines is 1. The second-order valence-electron chi connectivity index (χ2n) is 6.60. The molecule has 3 N–H and O–H groups in total. The van der Waals surface area contributed by atoms with Crippen LogP contribution < -0.4 is 10.2 Å². The van der Waals surface area contributed by atoms with Crippen LogP contribution in [0.25, 0.3) is 0 Å². The van der Waals surface area contributed by atoms with Crippen LogP contribution in [0.15, 0.2) is 6.07 Å². The minimum atomic E-state index is -0.935. The number of aryl methyl sites for hydroxylation is 2. The van der Waals surface area contributed by atoms with Gasteiger partial charge in [-0.05, 0) is 19.9 Å². The van der Waals surface area contributed by atoms with E-state index in [1.807, 2.05) is 6.92 Å². The minimum absolute atomic E-state index is 0. The molecule has 1 saturated carbocycles. The third kappa shape index (κ3) is 3.27. The molecule has 1 saturated heterocycles. The van der Waals surface area contributed by atoms with Gasteiger partial charge in [0.05, 0.1) is 10.7 Å². The Labute approximate surface area is 171 Å². The molecular formula is C16H18ClLiN4O3S. The molecule has 2 fully saturated rings. The molecule has 1 amide bonds. The number of carbonyl (C=O) groups excluding carboxylic acids is 1. The molecule has 2 aromatic rings. The van der Waals surface area contributed by atoms with E-state index in [1.54, 1.807) is 13.0 Å². The Morgan fingerprint density at radius 2 is 2.04 bits per heavy atom. The van der Waals surface area contributed by atoms with Crippen molar-refractivity contribution in [3.8, 4) is 0 Å². The van der Waals surface area contributed by atoms with E-state index in [0.29, 0.717) is 33.1 Å². The fraction of sp³-hybridized carbons (Fsp3) is 0.438. The number of carbonyl (C=O) groups is 2. The molecule has 2 aromatic heterocycles. The Hall–Kier alpha value is -1.46. The predicted octanol–water partition coefficient (Wildman–Crippen LogP) is 1.66. The van der Waals surface area contributed by atoms with Crippen molar-refractivity contribution in [1.82, 2.24) is 15.3 Å². The number of amides is 1. The van der Waals surface area contributed by atoms with Gasteiger partial charge in [0.15, 0.2) is 5.13 Å². The van der Waals surface area contributed by atoms with E-state index in [2.05, 4.69) is 20.2 Å². The normalized spacial score (nSPS) is 23.3. The quantitative estimate of drug-likeness (QED) is 0.692. The summed E-state index contributed by atoms with van der Waals surface area (Å²) in [5, 5.41) is 13.5. The molecular weight excluding hydrogens is 371 g/mol. The molecule has 0 unspecified atom stereocenters. The molecule has 134 valence electrons. The number of nitrogens with zero attached hydrogens (tertiary/aromatic N) is 2. The molecule has 10 heteroatoms. The summed E-state index contributed by atoms with van der Waals surface area (Å²) < 4.78 is 0. The van der Waals surface area contributed by atoms with Gasteiger partial charge in [-0.15, -0.1) is 0 Å². The van der Waals surface area contributed by atoms with Crippen LogP contribution >= 0.6 is 22.9 Å².